The monoisotopic (exact) mass is 444 g/mol. The lowest BCUT2D eigenvalue weighted by molar-refractivity contribution is -0.138. The number of benzene rings is 1. The Hall–Kier alpha value is -0.580. The highest BCUT2D eigenvalue weighted by Gasteiger charge is 2.06. The van der Waals surface area contributed by atoms with Crippen molar-refractivity contribution < 1.29 is 9.90 Å². The van der Waals surface area contributed by atoms with E-state index in [1.54, 1.807) is 0 Å². The minimum absolute atomic E-state index is 0.321. The molecule has 0 bridgehead atoms. The van der Waals surface area contributed by atoms with Crippen LogP contribution in [0, 0.1) is 9.49 Å². The molecule has 24 heavy (non-hydrogen) atoms. The van der Waals surface area contributed by atoms with E-state index in [1.165, 1.54) is 73.3 Å². The number of carbonyl (C=O) groups is 1. The van der Waals surface area contributed by atoms with E-state index in [1.807, 2.05) is 6.92 Å². The smallest absolute Gasteiger partial charge is 0.303 e. The molecule has 1 unspecified atom stereocenters. The van der Waals surface area contributed by atoms with E-state index in [-0.39, 0.29) is 0 Å². The van der Waals surface area contributed by atoms with Gasteiger partial charge in [0, 0.05) is 9.99 Å². The van der Waals surface area contributed by atoms with E-state index in [0.29, 0.717) is 12.3 Å². The van der Waals surface area contributed by atoms with Gasteiger partial charge < -0.3 is 5.11 Å². The van der Waals surface area contributed by atoms with Crippen LogP contribution in [-0.2, 0) is 11.2 Å². The van der Waals surface area contributed by atoms with Crippen molar-refractivity contribution in [2.24, 2.45) is 5.92 Å². The van der Waals surface area contributed by atoms with Crippen LogP contribution in [0.25, 0.3) is 0 Å². The van der Waals surface area contributed by atoms with Crippen molar-refractivity contribution in [2.45, 2.75) is 84.0 Å². The van der Waals surface area contributed by atoms with E-state index in [0.717, 1.165) is 6.42 Å². The Morgan fingerprint density at radius 2 is 1.50 bits per heavy atom. The molecule has 0 aliphatic heterocycles. The molecule has 136 valence electrons. The zero-order valence-corrected chi connectivity index (χ0v) is 17.3. The van der Waals surface area contributed by atoms with Gasteiger partial charge in [-0.2, -0.15) is 0 Å². The summed E-state index contributed by atoms with van der Waals surface area (Å²) in [7, 11) is 0. The summed E-state index contributed by atoms with van der Waals surface area (Å²) < 4.78 is 1.40. The highest BCUT2D eigenvalue weighted by molar-refractivity contribution is 14.1. The Morgan fingerprint density at radius 1 is 0.958 bits per heavy atom. The first-order chi connectivity index (χ1) is 11.6. The van der Waals surface area contributed by atoms with E-state index in [4.69, 9.17) is 5.11 Å². The Kier molecular flexibility index (Phi) is 12.2. The summed E-state index contributed by atoms with van der Waals surface area (Å²) >= 11 is 2.43. The van der Waals surface area contributed by atoms with Gasteiger partial charge in [0.1, 0.15) is 0 Å². The fourth-order valence-electron chi connectivity index (χ4n) is 3.15. The van der Waals surface area contributed by atoms with Crippen LogP contribution in [-0.4, -0.2) is 11.1 Å². The summed E-state index contributed by atoms with van der Waals surface area (Å²) in [6.07, 6.45) is 14.4. The minimum atomic E-state index is -0.663. The number of unbranched alkanes of at least 4 members (excludes halogenated alkanes) is 8. The molecule has 3 heteroatoms. The van der Waals surface area contributed by atoms with Crippen molar-refractivity contribution in [2.75, 3.05) is 0 Å². The molecule has 1 atom stereocenters. The standard InChI is InChI=1S/C21H33IO2/c1-18(17-21(23)24)13-9-7-5-3-2-4-6-8-10-14-19-15-11-12-16-20(19)22/h11-12,15-16,18H,2-10,13-14,17H2,1H3,(H,23,24). The number of aliphatic carboxylic acids is 1. The van der Waals surface area contributed by atoms with Gasteiger partial charge in [-0.05, 0) is 53.0 Å². The maximum Gasteiger partial charge on any atom is 0.303 e. The number of halogens is 1. The van der Waals surface area contributed by atoms with Gasteiger partial charge in [-0.3, -0.25) is 4.79 Å². The molecule has 0 aliphatic rings. The Labute approximate surface area is 161 Å². The van der Waals surface area contributed by atoms with Crippen LogP contribution in [0.3, 0.4) is 0 Å². The van der Waals surface area contributed by atoms with Gasteiger partial charge in [-0.1, -0.05) is 82.9 Å². The van der Waals surface area contributed by atoms with Crippen molar-refractivity contribution in [3.8, 4) is 0 Å². The van der Waals surface area contributed by atoms with E-state index in [9.17, 15) is 4.79 Å². The van der Waals surface area contributed by atoms with Gasteiger partial charge in [-0.15, -0.1) is 0 Å². The Morgan fingerprint density at radius 3 is 2.08 bits per heavy atom. The third kappa shape index (κ3) is 11.1. The fraction of sp³-hybridized carbons (Fsp3) is 0.667. The summed E-state index contributed by atoms with van der Waals surface area (Å²) in [5, 5.41) is 8.72. The summed E-state index contributed by atoms with van der Waals surface area (Å²) in [5.74, 6) is -0.334. The fourth-order valence-corrected chi connectivity index (χ4v) is 3.80. The Bertz CT molecular complexity index is 459. The van der Waals surface area contributed by atoms with Crippen molar-refractivity contribution >= 4 is 28.6 Å². The molecule has 0 amide bonds. The number of hydrogen-bond acceptors (Lipinski definition) is 1. The molecule has 2 nitrogen and oxygen atoms in total. The SMILES string of the molecule is CC(CCCCCCCCCCCc1ccccc1I)CC(=O)O. The van der Waals surface area contributed by atoms with Gasteiger partial charge >= 0.3 is 5.97 Å². The van der Waals surface area contributed by atoms with E-state index in [2.05, 4.69) is 46.9 Å². The number of hydrogen-bond donors (Lipinski definition) is 1. The molecule has 1 aromatic carbocycles. The molecule has 0 fully saturated rings. The normalized spacial score (nSPS) is 12.2. The minimum Gasteiger partial charge on any atom is -0.481 e. The van der Waals surface area contributed by atoms with Gasteiger partial charge in [0.15, 0.2) is 0 Å². The van der Waals surface area contributed by atoms with Crippen LogP contribution in [0.4, 0.5) is 0 Å². The predicted octanol–water partition coefficient (Wildman–Crippen LogP) is 6.85. The zero-order chi connectivity index (χ0) is 17.6. The summed E-state index contributed by atoms with van der Waals surface area (Å²) in [4.78, 5) is 10.6. The Balaban J connectivity index is 1.86. The van der Waals surface area contributed by atoms with Gasteiger partial charge in [0.25, 0.3) is 0 Å². The molecule has 0 radical (unpaired) electrons. The quantitative estimate of drug-likeness (QED) is 0.252. The van der Waals surface area contributed by atoms with Crippen LogP contribution in [0.15, 0.2) is 24.3 Å². The lowest BCUT2D eigenvalue weighted by Gasteiger charge is -2.08. The van der Waals surface area contributed by atoms with Crippen molar-refractivity contribution in [3.63, 3.8) is 0 Å². The molecule has 0 spiro atoms. The van der Waals surface area contributed by atoms with Crippen LogP contribution in [0.5, 0.6) is 0 Å². The second kappa shape index (κ2) is 13.7. The molecule has 1 rings (SSSR count). The molecule has 0 aliphatic carbocycles. The van der Waals surface area contributed by atoms with Crippen LogP contribution < -0.4 is 0 Å². The molecule has 1 aromatic rings. The average Bonchev–Trinajstić information content (AvgIpc) is 2.53. The molecule has 0 saturated carbocycles. The molecule has 0 heterocycles. The molecule has 0 aromatic heterocycles. The van der Waals surface area contributed by atoms with Crippen molar-refractivity contribution in [3.05, 3.63) is 33.4 Å². The average molecular weight is 444 g/mol. The number of aryl methyl sites for hydroxylation is 1. The maximum absolute atomic E-state index is 10.6. The molecule has 0 saturated heterocycles. The molecular formula is C21H33IO2. The highest BCUT2D eigenvalue weighted by Crippen LogP contribution is 2.17. The first kappa shape index (κ1) is 21.5. The third-order valence-corrected chi connectivity index (χ3v) is 5.68. The van der Waals surface area contributed by atoms with Crippen LogP contribution in [0.1, 0.15) is 83.1 Å². The van der Waals surface area contributed by atoms with Crippen LogP contribution in [0.2, 0.25) is 0 Å². The van der Waals surface area contributed by atoms with Crippen LogP contribution >= 0.6 is 22.6 Å². The first-order valence-corrected chi connectivity index (χ1v) is 10.6. The maximum atomic E-state index is 10.6. The van der Waals surface area contributed by atoms with Gasteiger partial charge in [-0.25, -0.2) is 0 Å². The number of carboxylic acid groups (broad SMARTS) is 1. The van der Waals surface area contributed by atoms with Gasteiger partial charge in [0.2, 0.25) is 0 Å². The first-order valence-electron chi connectivity index (χ1n) is 9.55. The zero-order valence-electron chi connectivity index (χ0n) is 15.1. The molecular weight excluding hydrogens is 411 g/mol. The van der Waals surface area contributed by atoms with E-state index >= 15 is 0 Å². The summed E-state index contributed by atoms with van der Waals surface area (Å²) in [5.41, 5.74) is 1.50. The predicted molar refractivity (Wildman–Crippen MR) is 110 cm³/mol. The summed E-state index contributed by atoms with van der Waals surface area (Å²) in [6.45, 7) is 2.05. The lowest BCUT2D eigenvalue weighted by atomic mass is 9.99. The highest BCUT2D eigenvalue weighted by atomic mass is 127. The second-order valence-corrected chi connectivity index (χ2v) is 8.18. The number of carboxylic acids is 1. The summed E-state index contributed by atoms with van der Waals surface area (Å²) in [6, 6.07) is 8.69. The molecule has 1 N–H and O–H groups in total. The van der Waals surface area contributed by atoms with Crippen molar-refractivity contribution in [1.29, 1.82) is 0 Å². The third-order valence-electron chi connectivity index (χ3n) is 4.62. The topological polar surface area (TPSA) is 37.3 Å². The largest absolute Gasteiger partial charge is 0.481 e. The van der Waals surface area contributed by atoms with Gasteiger partial charge in [0.05, 0.1) is 0 Å². The lowest BCUT2D eigenvalue weighted by Crippen LogP contribution is -2.03. The second-order valence-electron chi connectivity index (χ2n) is 7.02. The van der Waals surface area contributed by atoms with E-state index < -0.39 is 5.97 Å². The number of rotatable bonds is 14. The van der Waals surface area contributed by atoms with Crippen molar-refractivity contribution in [1.82, 2.24) is 0 Å².